The molecular weight excluding hydrogens is 182 g/mol. The lowest BCUT2D eigenvalue weighted by atomic mass is 10.1. The van der Waals surface area contributed by atoms with Crippen LogP contribution in [0.5, 0.6) is 0 Å². The van der Waals surface area contributed by atoms with Crippen molar-refractivity contribution >= 4 is 12.0 Å². The predicted molar refractivity (Wildman–Crippen MR) is 52.4 cm³/mol. The topological polar surface area (TPSA) is 65.5 Å². The Bertz CT molecular complexity index is 327. The van der Waals surface area contributed by atoms with E-state index < -0.39 is 12.0 Å². The van der Waals surface area contributed by atoms with Crippen LogP contribution in [0.25, 0.3) is 6.08 Å². The number of ether oxygens (including phenoxy) is 1. The SMILES string of the molecule is COC(=O)C(N)/C(C)=C/c1ccco1. The summed E-state index contributed by atoms with van der Waals surface area (Å²) in [5, 5.41) is 0. The van der Waals surface area contributed by atoms with Crippen LogP contribution in [0.2, 0.25) is 0 Å². The molecule has 4 heteroatoms. The van der Waals surface area contributed by atoms with Crippen LogP contribution in [-0.4, -0.2) is 19.1 Å². The number of hydrogen-bond donors (Lipinski definition) is 1. The van der Waals surface area contributed by atoms with E-state index in [4.69, 9.17) is 10.2 Å². The molecule has 1 rings (SSSR count). The fourth-order valence-corrected chi connectivity index (χ4v) is 1.00. The highest BCUT2D eigenvalue weighted by Gasteiger charge is 2.15. The van der Waals surface area contributed by atoms with Gasteiger partial charge in [-0.05, 0) is 30.7 Å². The Morgan fingerprint density at radius 2 is 2.43 bits per heavy atom. The van der Waals surface area contributed by atoms with Gasteiger partial charge in [0.25, 0.3) is 0 Å². The van der Waals surface area contributed by atoms with Crippen molar-refractivity contribution < 1.29 is 13.9 Å². The maximum absolute atomic E-state index is 11.1. The highest BCUT2D eigenvalue weighted by Crippen LogP contribution is 2.09. The zero-order chi connectivity index (χ0) is 10.6. The van der Waals surface area contributed by atoms with Crippen LogP contribution in [0.1, 0.15) is 12.7 Å². The summed E-state index contributed by atoms with van der Waals surface area (Å²) in [6.07, 6.45) is 3.27. The molecule has 1 heterocycles. The molecule has 4 nitrogen and oxygen atoms in total. The van der Waals surface area contributed by atoms with E-state index in [2.05, 4.69) is 4.74 Å². The summed E-state index contributed by atoms with van der Waals surface area (Å²) in [5.74, 6) is 0.215. The third-order valence-electron chi connectivity index (χ3n) is 1.86. The van der Waals surface area contributed by atoms with Crippen LogP contribution in [0.4, 0.5) is 0 Å². The molecule has 0 fully saturated rings. The minimum Gasteiger partial charge on any atom is -0.468 e. The van der Waals surface area contributed by atoms with Crippen molar-refractivity contribution in [2.75, 3.05) is 7.11 Å². The van der Waals surface area contributed by atoms with Gasteiger partial charge in [0.05, 0.1) is 13.4 Å². The molecule has 0 radical (unpaired) electrons. The molecule has 2 N–H and O–H groups in total. The summed E-state index contributed by atoms with van der Waals surface area (Å²) in [7, 11) is 1.31. The van der Waals surface area contributed by atoms with Gasteiger partial charge in [0.1, 0.15) is 11.8 Å². The average molecular weight is 195 g/mol. The van der Waals surface area contributed by atoms with Gasteiger partial charge < -0.3 is 14.9 Å². The van der Waals surface area contributed by atoms with Crippen molar-refractivity contribution in [3.8, 4) is 0 Å². The number of rotatable bonds is 3. The Hall–Kier alpha value is -1.55. The Morgan fingerprint density at radius 3 is 2.93 bits per heavy atom. The summed E-state index contributed by atoms with van der Waals surface area (Å²) in [4.78, 5) is 11.1. The number of esters is 1. The largest absolute Gasteiger partial charge is 0.468 e. The van der Waals surface area contributed by atoms with E-state index in [-0.39, 0.29) is 0 Å². The zero-order valence-electron chi connectivity index (χ0n) is 8.19. The van der Waals surface area contributed by atoms with Gasteiger partial charge in [-0.25, -0.2) is 0 Å². The monoisotopic (exact) mass is 195 g/mol. The first kappa shape index (κ1) is 10.5. The van der Waals surface area contributed by atoms with Gasteiger partial charge in [0.2, 0.25) is 0 Å². The second-order valence-electron chi connectivity index (χ2n) is 2.90. The van der Waals surface area contributed by atoms with Crippen molar-refractivity contribution in [1.29, 1.82) is 0 Å². The number of methoxy groups -OCH3 is 1. The van der Waals surface area contributed by atoms with E-state index in [1.807, 2.05) is 0 Å². The number of furan rings is 1. The van der Waals surface area contributed by atoms with E-state index in [1.54, 1.807) is 31.4 Å². The lowest BCUT2D eigenvalue weighted by molar-refractivity contribution is -0.141. The number of carbonyl (C=O) groups is 1. The van der Waals surface area contributed by atoms with Gasteiger partial charge in [0, 0.05) is 0 Å². The van der Waals surface area contributed by atoms with Crippen LogP contribution in [0.15, 0.2) is 28.4 Å². The first-order valence-electron chi connectivity index (χ1n) is 4.20. The fraction of sp³-hybridized carbons (Fsp3) is 0.300. The molecule has 0 spiro atoms. The third-order valence-corrected chi connectivity index (χ3v) is 1.86. The van der Waals surface area contributed by atoms with Crippen LogP contribution in [0.3, 0.4) is 0 Å². The maximum atomic E-state index is 11.1. The Balaban J connectivity index is 2.74. The van der Waals surface area contributed by atoms with E-state index in [9.17, 15) is 4.79 Å². The third kappa shape index (κ3) is 2.47. The lowest BCUT2D eigenvalue weighted by Gasteiger charge is -2.08. The van der Waals surface area contributed by atoms with Crippen molar-refractivity contribution in [3.63, 3.8) is 0 Å². The standard InChI is InChI=1S/C10H13NO3/c1-7(9(11)10(12)13-2)6-8-4-3-5-14-8/h3-6,9H,11H2,1-2H3/b7-6+. The first-order chi connectivity index (χ1) is 6.65. The molecule has 76 valence electrons. The molecule has 0 aliphatic carbocycles. The summed E-state index contributed by atoms with van der Waals surface area (Å²) < 4.78 is 9.60. The molecule has 1 unspecified atom stereocenters. The zero-order valence-corrected chi connectivity index (χ0v) is 8.19. The molecule has 1 atom stereocenters. The van der Waals surface area contributed by atoms with Crippen LogP contribution in [0, 0.1) is 0 Å². The van der Waals surface area contributed by atoms with E-state index >= 15 is 0 Å². The summed E-state index contributed by atoms with van der Waals surface area (Å²) in [6.45, 7) is 1.75. The Labute approximate surface area is 82.3 Å². The first-order valence-corrected chi connectivity index (χ1v) is 4.20. The highest BCUT2D eigenvalue weighted by atomic mass is 16.5. The smallest absolute Gasteiger partial charge is 0.326 e. The normalized spacial score (nSPS) is 13.8. The van der Waals surface area contributed by atoms with Crippen LogP contribution < -0.4 is 5.73 Å². The lowest BCUT2D eigenvalue weighted by Crippen LogP contribution is -2.32. The summed E-state index contributed by atoms with van der Waals surface area (Å²) in [5.41, 5.74) is 6.30. The average Bonchev–Trinajstić information content (AvgIpc) is 2.68. The quantitative estimate of drug-likeness (QED) is 0.735. The number of hydrogen-bond acceptors (Lipinski definition) is 4. The van der Waals surface area contributed by atoms with Crippen molar-refractivity contribution in [1.82, 2.24) is 0 Å². The summed E-state index contributed by atoms with van der Waals surface area (Å²) >= 11 is 0. The maximum Gasteiger partial charge on any atom is 0.326 e. The van der Waals surface area contributed by atoms with Crippen molar-refractivity contribution in [2.45, 2.75) is 13.0 Å². The molecular formula is C10H13NO3. The van der Waals surface area contributed by atoms with Gasteiger partial charge in [0.15, 0.2) is 0 Å². The Kier molecular flexibility index (Phi) is 3.48. The molecule has 0 saturated carbocycles. The van der Waals surface area contributed by atoms with Gasteiger partial charge in [-0.2, -0.15) is 0 Å². The molecule has 0 bridgehead atoms. The second kappa shape index (κ2) is 4.62. The van der Waals surface area contributed by atoms with Gasteiger partial charge in [-0.3, -0.25) is 4.79 Å². The highest BCUT2D eigenvalue weighted by molar-refractivity contribution is 5.80. The minimum absolute atomic E-state index is 0.453. The van der Waals surface area contributed by atoms with Crippen molar-refractivity contribution in [2.24, 2.45) is 5.73 Å². The van der Waals surface area contributed by atoms with E-state index in [0.29, 0.717) is 11.3 Å². The van der Waals surface area contributed by atoms with Crippen LogP contribution in [-0.2, 0) is 9.53 Å². The number of carbonyl (C=O) groups excluding carboxylic acids is 1. The van der Waals surface area contributed by atoms with Gasteiger partial charge >= 0.3 is 5.97 Å². The molecule has 14 heavy (non-hydrogen) atoms. The predicted octanol–water partition coefficient (Wildman–Crippen LogP) is 1.18. The molecule has 0 amide bonds. The van der Waals surface area contributed by atoms with Crippen LogP contribution >= 0.6 is 0 Å². The van der Waals surface area contributed by atoms with Gasteiger partial charge in [-0.1, -0.05) is 0 Å². The van der Waals surface area contributed by atoms with Gasteiger partial charge in [-0.15, -0.1) is 0 Å². The van der Waals surface area contributed by atoms with E-state index in [0.717, 1.165) is 0 Å². The second-order valence-corrected chi connectivity index (χ2v) is 2.90. The molecule has 0 aliphatic heterocycles. The minimum atomic E-state index is -0.731. The molecule has 0 aliphatic rings. The molecule has 0 saturated heterocycles. The molecule has 1 aromatic rings. The van der Waals surface area contributed by atoms with E-state index in [1.165, 1.54) is 7.11 Å². The molecule has 1 aromatic heterocycles. The molecule has 0 aromatic carbocycles. The Morgan fingerprint density at radius 1 is 1.71 bits per heavy atom. The fourth-order valence-electron chi connectivity index (χ4n) is 1.00. The number of nitrogens with two attached hydrogens (primary N) is 1. The van der Waals surface area contributed by atoms with Crippen molar-refractivity contribution in [3.05, 3.63) is 29.7 Å². The summed E-state index contributed by atoms with van der Waals surface area (Å²) in [6, 6.07) is 2.82.